The molecule has 0 unspecified atom stereocenters. The molecule has 1 aliphatic carbocycles. The van der Waals surface area contributed by atoms with Crippen molar-refractivity contribution in [3.05, 3.63) is 223 Å². The van der Waals surface area contributed by atoms with Crippen molar-refractivity contribution in [2.75, 3.05) is 4.90 Å². The highest BCUT2D eigenvalue weighted by atomic mass is 32.1. The molecule has 0 spiro atoms. The van der Waals surface area contributed by atoms with Crippen LogP contribution in [0.3, 0.4) is 0 Å². The quantitative estimate of drug-likeness (QED) is 0.156. The SMILES string of the molecule is CC1(C)c2ccccc2-c2ccc(N(c3ccc(-c4ccccc4)cc3)c3ccccc3-c3ccc4sc5ccccc5c4c3-c3ccc(-c4ccccc4)cc3)cc21. The lowest BCUT2D eigenvalue weighted by Crippen LogP contribution is -2.17. The summed E-state index contributed by atoms with van der Waals surface area (Å²) in [6, 6.07) is 78.1. The number of fused-ring (bicyclic) bond motifs is 6. The maximum absolute atomic E-state index is 2.47. The van der Waals surface area contributed by atoms with E-state index in [-0.39, 0.29) is 5.41 Å². The van der Waals surface area contributed by atoms with Gasteiger partial charge in [-0.2, -0.15) is 0 Å². The second-order valence-corrected chi connectivity index (χ2v) is 17.2. The predicted octanol–water partition coefficient (Wildman–Crippen LogP) is 16.5. The van der Waals surface area contributed by atoms with Crippen LogP contribution in [0.4, 0.5) is 17.1 Å². The summed E-state index contributed by atoms with van der Waals surface area (Å²) in [5, 5.41) is 2.60. The number of hydrogen-bond acceptors (Lipinski definition) is 2. The van der Waals surface area contributed by atoms with Gasteiger partial charge in [-0.15, -0.1) is 11.3 Å². The van der Waals surface area contributed by atoms with E-state index in [1.807, 2.05) is 11.3 Å². The van der Waals surface area contributed by atoms with Gasteiger partial charge < -0.3 is 4.90 Å². The topological polar surface area (TPSA) is 3.24 Å². The maximum Gasteiger partial charge on any atom is 0.0540 e. The zero-order valence-corrected chi connectivity index (χ0v) is 33.9. The molecule has 0 bridgehead atoms. The van der Waals surface area contributed by atoms with Gasteiger partial charge >= 0.3 is 0 Å². The van der Waals surface area contributed by atoms with Crippen molar-refractivity contribution in [1.82, 2.24) is 0 Å². The molecular weight excluding hydrogens is 731 g/mol. The van der Waals surface area contributed by atoms with E-state index >= 15 is 0 Å². The molecule has 1 heterocycles. The predicted molar refractivity (Wildman–Crippen MR) is 253 cm³/mol. The third-order valence-corrected chi connectivity index (χ3v) is 13.5. The zero-order chi connectivity index (χ0) is 39.5. The van der Waals surface area contributed by atoms with Crippen molar-refractivity contribution < 1.29 is 0 Å². The second-order valence-electron chi connectivity index (χ2n) is 16.1. The second kappa shape index (κ2) is 14.1. The van der Waals surface area contributed by atoms with Crippen LogP contribution in [0, 0.1) is 0 Å². The van der Waals surface area contributed by atoms with E-state index < -0.39 is 0 Å². The van der Waals surface area contributed by atoms with Gasteiger partial charge in [0, 0.05) is 42.5 Å². The smallest absolute Gasteiger partial charge is 0.0540 e. The molecule has 0 fully saturated rings. The Morgan fingerprint density at radius 1 is 0.373 bits per heavy atom. The van der Waals surface area contributed by atoms with Crippen LogP contribution in [0.2, 0.25) is 0 Å². The first-order chi connectivity index (χ1) is 29.0. The van der Waals surface area contributed by atoms with E-state index in [0.717, 1.165) is 17.1 Å². The average molecular weight is 772 g/mol. The van der Waals surface area contributed by atoms with E-state index in [4.69, 9.17) is 0 Å². The Labute approximate surface area is 350 Å². The summed E-state index contributed by atoms with van der Waals surface area (Å²) < 4.78 is 2.60. The normalized spacial score (nSPS) is 12.7. The Morgan fingerprint density at radius 2 is 0.898 bits per heavy atom. The van der Waals surface area contributed by atoms with Crippen molar-refractivity contribution >= 4 is 48.6 Å². The fourth-order valence-corrected chi connectivity index (χ4v) is 10.5. The first-order valence-electron chi connectivity index (χ1n) is 20.4. The van der Waals surface area contributed by atoms with Crippen LogP contribution in [0.25, 0.3) is 75.8 Å². The first-order valence-corrected chi connectivity index (χ1v) is 21.2. The molecule has 0 atom stereocenters. The van der Waals surface area contributed by atoms with Crippen LogP contribution >= 0.6 is 11.3 Å². The van der Waals surface area contributed by atoms with Crippen molar-refractivity contribution in [1.29, 1.82) is 0 Å². The minimum atomic E-state index is -0.131. The van der Waals surface area contributed by atoms with Crippen LogP contribution in [0.15, 0.2) is 212 Å². The molecule has 0 saturated heterocycles. The lowest BCUT2D eigenvalue weighted by molar-refractivity contribution is 0.660. The molecule has 11 rings (SSSR count). The fraction of sp³-hybridized carbons (Fsp3) is 0.0526. The molecule has 0 N–H and O–H groups in total. The lowest BCUT2D eigenvalue weighted by atomic mass is 9.82. The first kappa shape index (κ1) is 35.2. The third-order valence-electron chi connectivity index (χ3n) is 12.3. The van der Waals surface area contributed by atoms with E-state index in [9.17, 15) is 0 Å². The molecule has 1 nitrogen and oxygen atoms in total. The molecule has 0 radical (unpaired) electrons. The number of benzene rings is 9. The van der Waals surface area contributed by atoms with E-state index in [1.54, 1.807) is 0 Å². The van der Waals surface area contributed by atoms with Crippen LogP contribution in [0.1, 0.15) is 25.0 Å². The minimum Gasteiger partial charge on any atom is -0.310 e. The van der Waals surface area contributed by atoms with Gasteiger partial charge in [0.25, 0.3) is 0 Å². The number of thiophene rings is 1. The molecule has 1 aliphatic rings. The van der Waals surface area contributed by atoms with Crippen molar-refractivity contribution in [2.45, 2.75) is 19.3 Å². The van der Waals surface area contributed by atoms with Gasteiger partial charge in [0.15, 0.2) is 0 Å². The van der Waals surface area contributed by atoms with E-state index in [0.29, 0.717) is 0 Å². The summed E-state index contributed by atoms with van der Waals surface area (Å²) in [6.45, 7) is 4.73. The Bertz CT molecular complexity index is 3160. The summed E-state index contributed by atoms with van der Waals surface area (Å²) in [7, 11) is 0. The largest absolute Gasteiger partial charge is 0.310 e. The molecule has 0 amide bonds. The molecule has 0 saturated carbocycles. The Hall–Kier alpha value is -7.00. The molecule has 0 aliphatic heterocycles. The highest BCUT2D eigenvalue weighted by Gasteiger charge is 2.36. The summed E-state index contributed by atoms with van der Waals surface area (Å²) in [6.07, 6.45) is 0. The van der Waals surface area contributed by atoms with Crippen molar-refractivity contribution in [3.63, 3.8) is 0 Å². The number of anilines is 3. The van der Waals surface area contributed by atoms with Gasteiger partial charge in [-0.1, -0.05) is 184 Å². The standard InChI is InChI=1S/C57H41NS/c1-57(2)50-22-12-9-19-45(50)46-34-33-44(37-51(46)57)58(43-31-29-41(30-32-43)39-17-7-4-8-18-39)52-23-13-10-20-47(52)48-35-36-54-56(49-21-11-14-24-53(49)59-54)55(48)42-27-25-40(26-28-42)38-15-5-3-6-16-38/h3-37H,1-2H3. The number of para-hydroxylation sites is 1. The number of rotatable bonds is 7. The Balaban J connectivity index is 1.14. The van der Waals surface area contributed by atoms with Crippen molar-refractivity contribution in [2.24, 2.45) is 0 Å². The van der Waals surface area contributed by atoms with Gasteiger partial charge in [0.1, 0.15) is 0 Å². The monoisotopic (exact) mass is 771 g/mol. The molecular formula is C57H41NS. The Morgan fingerprint density at radius 3 is 1.63 bits per heavy atom. The molecule has 9 aromatic carbocycles. The minimum absolute atomic E-state index is 0.131. The van der Waals surface area contributed by atoms with E-state index in [1.165, 1.54) is 86.9 Å². The molecule has 2 heteroatoms. The molecule has 280 valence electrons. The van der Waals surface area contributed by atoms with Gasteiger partial charge in [0.2, 0.25) is 0 Å². The van der Waals surface area contributed by atoms with Gasteiger partial charge in [0.05, 0.1) is 5.69 Å². The fourth-order valence-electron chi connectivity index (χ4n) is 9.39. The Kier molecular flexibility index (Phi) is 8.43. The number of nitrogens with zero attached hydrogens (tertiary/aromatic N) is 1. The number of hydrogen-bond donors (Lipinski definition) is 0. The van der Waals surface area contributed by atoms with Crippen molar-refractivity contribution in [3.8, 4) is 55.6 Å². The molecule has 59 heavy (non-hydrogen) atoms. The van der Waals surface area contributed by atoms with E-state index in [2.05, 4.69) is 231 Å². The summed E-state index contributed by atoms with van der Waals surface area (Å²) >= 11 is 1.87. The van der Waals surface area contributed by atoms with Crippen LogP contribution in [-0.4, -0.2) is 0 Å². The van der Waals surface area contributed by atoms with Crippen LogP contribution in [0.5, 0.6) is 0 Å². The van der Waals surface area contributed by atoms with Crippen LogP contribution < -0.4 is 4.90 Å². The van der Waals surface area contributed by atoms with Crippen LogP contribution in [-0.2, 0) is 5.41 Å². The van der Waals surface area contributed by atoms with Gasteiger partial charge in [-0.3, -0.25) is 0 Å². The summed E-state index contributed by atoms with van der Waals surface area (Å²) in [5.41, 5.74) is 18.3. The highest BCUT2D eigenvalue weighted by molar-refractivity contribution is 7.26. The maximum atomic E-state index is 2.47. The van der Waals surface area contributed by atoms with Gasteiger partial charge in [-0.05, 0) is 104 Å². The molecule has 10 aromatic rings. The third kappa shape index (κ3) is 5.91. The highest BCUT2D eigenvalue weighted by Crippen LogP contribution is 2.53. The zero-order valence-electron chi connectivity index (χ0n) is 33.1. The van der Waals surface area contributed by atoms with Gasteiger partial charge in [-0.25, -0.2) is 0 Å². The summed E-state index contributed by atoms with van der Waals surface area (Å²) in [4.78, 5) is 2.47. The average Bonchev–Trinajstić information content (AvgIpc) is 3.79. The lowest BCUT2D eigenvalue weighted by Gasteiger charge is -2.30. The molecule has 1 aromatic heterocycles. The summed E-state index contributed by atoms with van der Waals surface area (Å²) in [5.74, 6) is 0.